The van der Waals surface area contributed by atoms with Gasteiger partial charge in [0, 0.05) is 24.0 Å². The van der Waals surface area contributed by atoms with Crippen LogP contribution >= 0.6 is 11.3 Å². The molecular weight excluding hydrogens is 342 g/mol. The Morgan fingerprint density at radius 1 is 1.23 bits per heavy atom. The van der Waals surface area contributed by atoms with Gasteiger partial charge in [0.25, 0.3) is 0 Å². The number of thiazole rings is 1. The van der Waals surface area contributed by atoms with Crippen molar-refractivity contribution in [3.8, 4) is 22.5 Å². The van der Waals surface area contributed by atoms with E-state index in [1.54, 1.807) is 11.3 Å². The maximum absolute atomic E-state index is 4.95. The molecule has 1 aromatic carbocycles. The molecule has 3 aromatic heterocycles. The minimum Gasteiger partial charge on any atom is -0.315 e. The predicted octanol–water partition coefficient (Wildman–Crippen LogP) is 4.06. The maximum Gasteiger partial charge on any atom is 0.119 e. The molecule has 0 aliphatic carbocycles. The van der Waals surface area contributed by atoms with Crippen LogP contribution in [0.3, 0.4) is 0 Å². The molecule has 130 valence electrons. The van der Waals surface area contributed by atoms with Crippen molar-refractivity contribution in [2.45, 2.75) is 19.4 Å². The third-order valence-corrected chi connectivity index (χ3v) is 5.71. The van der Waals surface area contributed by atoms with Crippen LogP contribution in [0.15, 0.2) is 48.1 Å². The number of aryl methyl sites for hydroxylation is 1. The topological polar surface area (TPSA) is 55.6 Å². The molecule has 0 unspecified atom stereocenters. The molecule has 0 spiro atoms. The molecule has 4 heterocycles. The van der Waals surface area contributed by atoms with Gasteiger partial charge in [0.05, 0.1) is 27.5 Å². The Balaban J connectivity index is 1.68. The highest BCUT2D eigenvalue weighted by Crippen LogP contribution is 2.34. The minimum atomic E-state index is 0.402. The third-order valence-electron chi connectivity index (χ3n) is 4.91. The van der Waals surface area contributed by atoms with E-state index in [0.717, 1.165) is 53.2 Å². The van der Waals surface area contributed by atoms with Gasteiger partial charge in [0.1, 0.15) is 5.69 Å². The van der Waals surface area contributed by atoms with E-state index in [2.05, 4.69) is 39.4 Å². The van der Waals surface area contributed by atoms with Crippen molar-refractivity contribution in [3.05, 3.63) is 53.8 Å². The third kappa shape index (κ3) is 2.71. The number of rotatable bonds is 3. The number of nitrogens with one attached hydrogen (secondary N) is 1. The molecular formula is C20H19N5S. The number of aromatic nitrogens is 4. The summed E-state index contributed by atoms with van der Waals surface area (Å²) in [4.78, 5) is 9.11. The number of pyridine rings is 1. The number of hydrogen-bond donors (Lipinski definition) is 1. The molecule has 5 rings (SSSR count). The lowest BCUT2D eigenvalue weighted by Crippen LogP contribution is -2.13. The normalized spacial score (nSPS) is 17.2. The van der Waals surface area contributed by atoms with Crippen LogP contribution in [0.1, 0.15) is 18.2 Å². The predicted molar refractivity (Wildman–Crippen MR) is 105 cm³/mol. The van der Waals surface area contributed by atoms with E-state index in [1.165, 1.54) is 4.70 Å². The first-order chi connectivity index (χ1) is 12.8. The van der Waals surface area contributed by atoms with Crippen molar-refractivity contribution in [1.82, 2.24) is 25.1 Å². The fourth-order valence-corrected chi connectivity index (χ4v) is 4.26. The van der Waals surface area contributed by atoms with Crippen molar-refractivity contribution < 1.29 is 0 Å². The molecule has 1 atom stereocenters. The summed E-state index contributed by atoms with van der Waals surface area (Å²) in [6.45, 7) is 4.03. The minimum absolute atomic E-state index is 0.402. The van der Waals surface area contributed by atoms with E-state index < -0.39 is 0 Å². The highest BCUT2D eigenvalue weighted by molar-refractivity contribution is 7.16. The molecule has 0 bridgehead atoms. The summed E-state index contributed by atoms with van der Waals surface area (Å²) >= 11 is 1.67. The zero-order chi connectivity index (χ0) is 17.5. The first-order valence-corrected chi connectivity index (χ1v) is 9.73. The Morgan fingerprint density at radius 3 is 3.04 bits per heavy atom. The summed E-state index contributed by atoms with van der Waals surface area (Å²) in [6.07, 6.45) is 3.29. The summed E-state index contributed by atoms with van der Waals surface area (Å²) in [6, 6.07) is 12.9. The second-order valence-corrected chi connectivity index (χ2v) is 7.60. The van der Waals surface area contributed by atoms with Crippen molar-refractivity contribution in [3.63, 3.8) is 0 Å². The molecule has 6 heteroatoms. The highest BCUT2D eigenvalue weighted by atomic mass is 32.1. The second kappa shape index (κ2) is 6.30. The van der Waals surface area contributed by atoms with Gasteiger partial charge in [-0.05, 0) is 49.7 Å². The van der Waals surface area contributed by atoms with Crippen LogP contribution in [0.4, 0.5) is 0 Å². The van der Waals surface area contributed by atoms with Gasteiger partial charge in [0.2, 0.25) is 0 Å². The Morgan fingerprint density at radius 2 is 2.19 bits per heavy atom. The average Bonchev–Trinajstić information content (AvgIpc) is 3.39. The summed E-state index contributed by atoms with van der Waals surface area (Å²) in [7, 11) is 0. The molecule has 0 amide bonds. The van der Waals surface area contributed by atoms with E-state index in [0.29, 0.717) is 6.04 Å². The number of fused-ring (bicyclic) bond motifs is 1. The van der Waals surface area contributed by atoms with Crippen molar-refractivity contribution in [1.29, 1.82) is 0 Å². The molecule has 1 saturated heterocycles. The molecule has 1 aliphatic heterocycles. The van der Waals surface area contributed by atoms with E-state index in [-0.39, 0.29) is 0 Å². The smallest absolute Gasteiger partial charge is 0.119 e. The summed E-state index contributed by atoms with van der Waals surface area (Å²) in [5, 5.41) is 8.38. The maximum atomic E-state index is 4.95. The molecule has 26 heavy (non-hydrogen) atoms. The van der Waals surface area contributed by atoms with Crippen LogP contribution in [0.5, 0.6) is 0 Å². The van der Waals surface area contributed by atoms with Crippen molar-refractivity contribution in [2.75, 3.05) is 13.1 Å². The molecule has 0 saturated carbocycles. The van der Waals surface area contributed by atoms with Gasteiger partial charge in [-0.1, -0.05) is 12.1 Å². The Labute approximate surface area is 155 Å². The van der Waals surface area contributed by atoms with E-state index in [9.17, 15) is 0 Å². The van der Waals surface area contributed by atoms with Gasteiger partial charge in [-0.15, -0.1) is 11.3 Å². The fourth-order valence-electron chi connectivity index (χ4n) is 3.54. The van der Waals surface area contributed by atoms with Crippen LogP contribution in [0.25, 0.3) is 32.7 Å². The van der Waals surface area contributed by atoms with Crippen LogP contribution in [0.2, 0.25) is 0 Å². The number of benzene rings is 1. The van der Waals surface area contributed by atoms with Crippen molar-refractivity contribution >= 4 is 21.6 Å². The first-order valence-electron chi connectivity index (χ1n) is 8.85. The van der Waals surface area contributed by atoms with Gasteiger partial charge in [-0.2, -0.15) is 5.10 Å². The fraction of sp³-hybridized carbons (Fsp3) is 0.250. The summed E-state index contributed by atoms with van der Waals surface area (Å²) in [5.74, 6) is 0. The largest absolute Gasteiger partial charge is 0.315 e. The van der Waals surface area contributed by atoms with Gasteiger partial charge in [-0.3, -0.25) is 9.67 Å². The lowest BCUT2D eigenvalue weighted by atomic mass is 10.0. The van der Waals surface area contributed by atoms with Gasteiger partial charge >= 0.3 is 0 Å². The molecule has 0 radical (unpaired) electrons. The molecule has 1 fully saturated rings. The quantitative estimate of drug-likeness (QED) is 0.598. The second-order valence-electron chi connectivity index (χ2n) is 6.72. The number of nitrogens with zero attached hydrogens (tertiary/aromatic N) is 4. The molecule has 5 nitrogen and oxygen atoms in total. The molecule has 4 aromatic rings. The van der Waals surface area contributed by atoms with E-state index in [4.69, 9.17) is 10.1 Å². The van der Waals surface area contributed by atoms with Crippen LogP contribution in [-0.2, 0) is 0 Å². The van der Waals surface area contributed by atoms with E-state index >= 15 is 0 Å². The monoisotopic (exact) mass is 361 g/mol. The van der Waals surface area contributed by atoms with Crippen molar-refractivity contribution in [2.24, 2.45) is 0 Å². The zero-order valence-electron chi connectivity index (χ0n) is 14.5. The Bertz CT molecular complexity index is 1070. The summed E-state index contributed by atoms with van der Waals surface area (Å²) < 4.78 is 3.31. The van der Waals surface area contributed by atoms with Crippen LogP contribution in [0, 0.1) is 6.92 Å². The zero-order valence-corrected chi connectivity index (χ0v) is 15.3. The Kier molecular flexibility index (Phi) is 3.80. The SMILES string of the molecule is Cc1cccc(-c2nn([C@@H]3CCNC3)cc2-c2ccc3ncsc3c2)n1. The van der Waals surface area contributed by atoms with Gasteiger partial charge in [-0.25, -0.2) is 4.98 Å². The van der Waals surface area contributed by atoms with Crippen LogP contribution < -0.4 is 5.32 Å². The van der Waals surface area contributed by atoms with Gasteiger partial charge in [0.15, 0.2) is 0 Å². The highest BCUT2D eigenvalue weighted by Gasteiger charge is 2.21. The summed E-state index contributed by atoms with van der Waals surface area (Å²) in [5.41, 5.74) is 8.11. The average molecular weight is 361 g/mol. The standard InChI is InChI=1S/C20H19N5S/c1-13-3-2-4-18(23-13)20-16(11-25(24-20)15-7-8-21-10-15)14-5-6-17-19(9-14)26-12-22-17/h2-6,9,11-12,15,21H,7-8,10H2,1H3/t15-/m1/s1. The van der Waals surface area contributed by atoms with Gasteiger partial charge < -0.3 is 5.32 Å². The lowest BCUT2D eigenvalue weighted by molar-refractivity contribution is 0.492. The van der Waals surface area contributed by atoms with Crippen LogP contribution in [-0.4, -0.2) is 32.8 Å². The first kappa shape index (κ1) is 15.7. The Hall–Kier alpha value is -2.57. The van der Waals surface area contributed by atoms with E-state index in [1.807, 2.05) is 30.6 Å². The number of hydrogen-bond acceptors (Lipinski definition) is 5. The molecule has 1 aliphatic rings. The lowest BCUT2D eigenvalue weighted by Gasteiger charge is -2.07. The molecule has 1 N–H and O–H groups in total.